The fourth-order valence-electron chi connectivity index (χ4n) is 5.36. The van der Waals surface area contributed by atoms with Crippen LogP contribution >= 0.6 is 0 Å². The number of likely N-dealkylation sites (tertiary alicyclic amines) is 3. The predicted molar refractivity (Wildman–Crippen MR) is 73.5 cm³/mol. The van der Waals surface area contributed by atoms with Crippen molar-refractivity contribution in [2.45, 2.75) is 18.9 Å². The van der Waals surface area contributed by atoms with Crippen molar-refractivity contribution in [3.63, 3.8) is 0 Å². The van der Waals surface area contributed by atoms with Crippen molar-refractivity contribution in [1.29, 1.82) is 0 Å². The lowest BCUT2D eigenvalue weighted by atomic mass is 10.0. The Morgan fingerprint density at radius 3 is 1.56 bits per heavy atom. The Bertz CT molecular complexity index is 272. The Morgan fingerprint density at radius 1 is 0.611 bits per heavy atom. The fraction of sp³-hybridized carbons (Fsp3) is 1.00. The number of rotatable bonds is 1. The van der Waals surface area contributed by atoms with Crippen LogP contribution in [-0.2, 0) is 0 Å². The third kappa shape index (κ3) is 1.83. The van der Waals surface area contributed by atoms with Crippen molar-refractivity contribution in [1.82, 2.24) is 14.7 Å². The molecule has 0 aromatic carbocycles. The second-order valence-corrected chi connectivity index (χ2v) is 7.56. The molecule has 3 saturated heterocycles. The van der Waals surface area contributed by atoms with Gasteiger partial charge in [-0.05, 0) is 50.6 Å². The largest absolute Gasteiger partial charge is 0.306 e. The van der Waals surface area contributed by atoms with Gasteiger partial charge >= 0.3 is 0 Å². The Hall–Kier alpha value is -0.120. The Kier molecular flexibility index (Phi) is 2.72. The van der Waals surface area contributed by atoms with Gasteiger partial charge in [0, 0.05) is 45.3 Å². The van der Waals surface area contributed by atoms with E-state index in [0.29, 0.717) is 0 Å². The molecule has 4 fully saturated rings. The normalized spacial score (nSPS) is 50.0. The number of hydrogen-bond donors (Lipinski definition) is 0. The van der Waals surface area contributed by atoms with Crippen LogP contribution in [0.15, 0.2) is 0 Å². The minimum atomic E-state index is 0.935. The molecule has 3 heteroatoms. The molecule has 3 nitrogen and oxygen atoms in total. The molecule has 0 amide bonds. The zero-order valence-electron chi connectivity index (χ0n) is 11.9. The first-order chi connectivity index (χ1) is 8.69. The van der Waals surface area contributed by atoms with Crippen molar-refractivity contribution in [3.05, 3.63) is 0 Å². The van der Waals surface area contributed by atoms with E-state index in [9.17, 15) is 0 Å². The van der Waals surface area contributed by atoms with E-state index in [4.69, 9.17) is 0 Å². The van der Waals surface area contributed by atoms with E-state index in [1.54, 1.807) is 0 Å². The van der Waals surface area contributed by atoms with Crippen LogP contribution < -0.4 is 0 Å². The highest BCUT2D eigenvalue weighted by atomic mass is 15.2. The van der Waals surface area contributed by atoms with E-state index in [0.717, 1.165) is 29.7 Å². The van der Waals surface area contributed by atoms with Crippen LogP contribution in [-0.4, -0.2) is 74.1 Å². The van der Waals surface area contributed by atoms with E-state index < -0.39 is 0 Å². The highest BCUT2D eigenvalue weighted by molar-refractivity contribution is 5.00. The minimum absolute atomic E-state index is 0.935. The lowest BCUT2D eigenvalue weighted by molar-refractivity contribution is 0.198. The van der Waals surface area contributed by atoms with Gasteiger partial charge in [0.15, 0.2) is 0 Å². The lowest BCUT2D eigenvalue weighted by Crippen LogP contribution is -2.35. The lowest BCUT2D eigenvalue weighted by Gasteiger charge is -2.27. The van der Waals surface area contributed by atoms with Gasteiger partial charge in [0.25, 0.3) is 0 Å². The van der Waals surface area contributed by atoms with Gasteiger partial charge in [-0.15, -0.1) is 0 Å². The second kappa shape index (κ2) is 4.19. The van der Waals surface area contributed by atoms with Gasteiger partial charge in [0.05, 0.1) is 0 Å². The van der Waals surface area contributed by atoms with Crippen LogP contribution in [0.3, 0.4) is 0 Å². The second-order valence-electron chi connectivity index (χ2n) is 7.56. The van der Waals surface area contributed by atoms with Gasteiger partial charge in [0.1, 0.15) is 0 Å². The van der Waals surface area contributed by atoms with Gasteiger partial charge in [0.2, 0.25) is 0 Å². The van der Waals surface area contributed by atoms with Crippen LogP contribution in [0, 0.1) is 23.7 Å². The Labute approximate surface area is 111 Å². The monoisotopic (exact) mass is 249 g/mol. The third-order valence-electron chi connectivity index (χ3n) is 6.12. The van der Waals surface area contributed by atoms with E-state index >= 15 is 0 Å². The molecule has 18 heavy (non-hydrogen) atoms. The molecule has 0 aromatic heterocycles. The molecule has 4 atom stereocenters. The highest BCUT2D eigenvalue weighted by Gasteiger charge is 2.46. The van der Waals surface area contributed by atoms with E-state index in [-0.39, 0.29) is 0 Å². The first kappa shape index (κ1) is 11.7. The standard InChI is InChI=1S/C15H27N3/c1-16-5-11-3-15(4-12(11)6-16)18-9-13-7-17(2)8-14(13)10-18/h11-15H,3-10H2,1-2H3. The summed E-state index contributed by atoms with van der Waals surface area (Å²) in [5, 5.41) is 0. The van der Waals surface area contributed by atoms with Crippen molar-refractivity contribution in [2.75, 3.05) is 53.4 Å². The van der Waals surface area contributed by atoms with Crippen molar-refractivity contribution in [3.8, 4) is 0 Å². The molecular formula is C15H27N3. The summed E-state index contributed by atoms with van der Waals surface area (Å²) in [6.45, 7) is 8.23. The van der Waals surface area contributed by atoms with Crippen LogP contribution in [0.25, 0.3) is 0 Å². The molecule has 0 bridgehead atoms. The van der Waals surface area contributed by atoms with Gasteiger partial charge in [-0.2, -0.15) is 0 Å². The third-order valence-corrected chi connectivity index (χ3v) is 6.12. The topological polar surface area (TPSA) is 9.72 Å². The van der Waals surface area contributed by atoms with Gasteiger partial charge in [-0.1, -0.05) is 0 Å². The maximum atomic E-state index is 2.86. The summed E-state index contributed by atoms with van der Waals surface area (Å²) in [5.41, 5.74) is 0. The van der Waals surface area contributed by atoms with Crippen molar-refractivity contribution < 1.29 is 0 Å². The summed E-state index contributed by atoms with van der Waals surface area (Å²) < 4.78 is 0. The van der Waals surface area contributed by atoms with Crippen LogP contribution in [0.2, 0.25) is 0 Å². The molecule has 3 heterocycles. The summed E-state index contributed by atoms with van der Waals surface area (Å²) in [5.74, 6) is 4.00. The van der Waals surface area contributed by atoms with Crippen LogP contribution in [0.5, 0.6) is 0 Å². The zero-order chi connectivity index (χ0) is 12.3. The van der Waals surface area contributed by atoms with E-state index in [1.807, 2.05) is 0 Å². The maximum absolute atomic E-state index is 2.86. The molecule has 0 aromatic rings. The van der Waals surface area contributed by atoms with Gasteiger partial charge in [-0.25, -0.2) is 0 Å². The molecule has 1 aliphatic carbocycles. The van der Waals surface area contributed by atoms with Gasteiger partial charge < -0.3 is 9.80 Å². The first-order valence-corrected chi connectivity index (χ1v) is 7.80. The number of fused-ring (bicyclic) bond motifs is 2. The van der Waals surface area contributed by atoms with Crippen LogP contribution in [0.1, 0.15) is 12.8 Å². The smallest absolute Gasteiger partial charge is 0.0102 e. The molecule has 0 radical (unpaired) electrons. The van der Waals surface area contributed by atoms with Crippen molar-refractivity contribution in [2.24, 2.45) is 23.7 Å². The SMILES string of the molecule is CN1CC2CC(N3CC4CN(C)CC4C3)CC2C1. The van der Waals surface area contributed by atoms with E-state index in [1.165, 1.54) is 52.1 Å². The average Bonchev–Trinajstić information content (AvgIpc) is 2.94. The summed E-state index contributed by atoms with van der Waals surface area (Å²) in [6.07, 6.45) is 2.98. The summed E-state index contributed by atoms with van der Waals surface area (Å²) in [7, 11) is 4.59. The zero-order valence-corrected chi connectivity index (χ0v) is 11.9. The molecule has 4 rings (SSSR count). The number of nitrogens with zero attached hydrogens (tertiary/aromatic N) is 3. The Morgan fingerprint density at radius 2 is 1.06 bits per heavy atom. The first-order valence-electron chi connectivity index (χ1n) is 7.80. The number of hydrogen-bond acceptors (Lipinski definition) is 3. The predicted octanol–water partition coefficient (Wildman–Crippen LogP) is 0.820. The Balaban J connectivity index is 1.37. The van der Waals surface area contributed by atoms with E-state index in [2.05, 4.69) is 28.8 Å². The molecule has 1 saturated carbocycles. The average molecular weight is 249 g/mol. The quantitative estimate of drug-likeness (QED) is 0.681. The molecule has 3 aliphatic heterocycles. The summed E-state index contributed by atoms with van der Waals surface area (Å²) in [4.78, 5) is 7.94. The summed E-state index contributed by atoms with van der Waals surface area (Å²) >= 11 is 0. The van der Waals surface area contributed by atoms with Crippen molar-refractivity contribution >= 4 is 0 Å². The molecule has 4 aliphatic rings. The molecule has 0 N–H and O–H groups in total. The molecular weight excluding hydrogens is 222 g/mol. The fourth-order valence-corrected chi connectivity index (χ4v) is 5.36. The highest BCUT2D eigenvalue weighted by Crippen LogP contribution is 2.42. The molecule has 4 unspecified atom stereocenters. The molecule has 102 valence electrons. The minimum Gasteiger partial charge on any atom is -0.306 e. The summed E-state index contributed by atoms with van der Waals surface area (Å²) in [6, 6.07) is 0.935. The molecule has 0 spiro atoms. The maximum Gasteiger partial charge on any atom is 0.0102 e. The van der Waals surface area contributed by atoms with Crippen LogP contribution in [0.4, 0.5) is 0 Å². The van der Waals surface area contributed by atoms with Gasteiger partial charge in [-0.3, -0.25) is 4.90 Å².